The van der Waals surface area contributed by atoms with Crippen molar-refractivity contribution in [2.75, 3.05) is 31.9 Å². The van der Waals surface area contributed by atoms with Crippen molar-refractivity contribution in [2.45, 2.75) is 24.7 Å². The van der Waals surface area contributed by atoms with Gasteiger partial charge in [0.25, 0.3) is 0 Å². The van der Waals surface area contributed by atoms with E-state index in [0.717, 1.165) is 25.2 Å². The summed E-state index contributed by atoms with van der Waals surface area (Å²) in [5.74, 6) is 0. The van der Waals surface area contributed by atoms with E-state index in [-0.39, 0.29) is 4.90 Å². The number of hydrogen-bond donors (Lipinski definition) is 2. The quantitative estimate of drug-likeness (QED) is 0.789. The lowest BCUT2D eigenvalue weighted by atomic mass is 10.2. The highest BCUT2D eigenvalue weighted by molar-refractivity contribution is 7.89. The Morgan fingerprint density at radius 1 is 1.32 bits per heavy atom. The minimum atomic E-state index is -3.42. The third-order valence-electron chi connectivity index (χ3n) is 3.47. The summed E-state index contributed by atoms with van der Waals surface area (Å²) in [5.41, 5.74) is 7.08. The fourth-order valence-corrected chi connectivity index (χ4v) is 3.35. The lowest BCUT2D eigenvalue weighted by Gasteiger charge is -2.15. The number of sulfonamides is 1. The van der Waals surface area contributed by atoms with Gasteiger partial charge < -0.3 is 10.6 Å². The second kappa shape index (κ2) is 5.90. The lowest BCUT2D eigenvalue weighted by Crippen LogP contribution is -2.33. The molecule has 3 N–H and O–H groups in total. The van der Waals surface area contributed by atoms with Gasteiger partial charge in [0, 0.05) is 18.8 Å². The summed E-state index contributed by atoms with van der Waals surface area (Å²) in [5, 5.41) is 0. The lowest BCUT2D eigenvalue weighted by molar-refractivity contribution is 0.344. The predicted octanol–water partition coefficient (Wildman–Crippen LogP) is 0.951. The second-order valence-electron chi connectivity index (χ2n) is 4.96. The van der Waals surface area contributed by atoms with E-state index in [4.69, 9.17) is 5.73 Å². The van der Waals surface area contributed by atoms with Gasteiger partial charge in [0.1, 0.15) is 0 Å². The number of likely N-dealkylation sites (tertiary alicyclic amines) is 1. The zero-order chi connectivity index (χ0) is 13.9. The number of nitrogens with zero attached hydrogens (tertiary/aromatic N) is 1. The zero-order valence-corrected chi connectivity index (χ0v) is 12.0. The molecule has 1 heterocycles. The second-order valence-corrected chi connectivity index (χ2v) is 6.73. The van der Waals surface area contributed by atoms with E-state index < -0.39 is 10.0 Å². The average molecular weight is 283 g/mol. The predicted molar refractivity (Wildman–Crippen MR) is 76.5 cm³/mol. The molecule has 5 nitrogen and oxygen atoms in total. The molecule has 0 saturated carbocycles. The van der Waals surface area contributed by atoms with E-state index in [1.165, 1.54) is 12.8 Å². The van der Waals surface area contributed by atoms with Crippen LogP contribution in [0.4, 0.5) is 5.69 Å². The molecule has 0 atom stereocenters. The molecule has 0 aliphatic carbocycles. The first-order valence-corrected chi connectivity index (χ1v) is 8.05. The molecule has 19 heavy (non-hydrogen) atoms. The van der Waals surface area contributed by atoms with Crippen LogP contribution >= 0.6 is 0 Å². The molecule has 1 aliphatic heterocycles. The van der Waals surface area contributed by atoms with E-state index in [2.05, 4.69) is 9.62 Å². The molecule has 1 aliphatic rings. The summed E-state index contributed by atoms with van der Waals surface area (Å²) in [4.78, 5) is 2.55. The molecule has 106 valence electrons. The monoisotopic (exact) mass is 283 g/mol. The first-order chi connectivity index (χ1) is 8.99. The van der Waals surface area contributed by atoms with E-state index in [9.17, 15) is 8.42 Å². The van der Waals surface area contributed by atoms with Gasteiger partial charge in [-0.25, -0.2) is 13.1 Å². The molecular weight excluding hydrogens is 262 g/mol. The van der Waals surface area contributed by atoms with Gasteiger partial charge in [-0.05, 0) is 56.6 Å². The normalized spacial score (nSPS) is 16.9. The molecule has 0 unspecified atom stereocenters. The third kappa shape index (κ3) is 3.68. The minimum absolute atomic E-state index is 0.278. The van der Waals surface area contributed by atoms with Crippen LogP contribution in [0.3, 0.4) is 0 Å². The molecule has 1 saturated heterocycles. The smallest absolute Gasteiger partial charge is 0.240 e. The van der Waals surface area contributed by atoms with E-state index in [1.807, 2.05) is 0 Å². The maximum absolute atomic E-state index is 12.1. The van der Waals surface area contributed by atoms with Crippen LogP contribution < -0.4 is 10.5 Å². The highest BCUT2D eigenvalue weighted by Crippen LogP contribution is 2.16. The number of nitrogens with two attached hydrogens (primary N) is 1. The van der Waals surface area contributed by atoms with Gasteiger partial charge in [0.05, 0.1) is 4.90 Å². The number of anilines is 1. The molecule has 6 heteroatoms. The maximum atomic E-state index is 12.1. The van der Waals surface area contributed by atoms with Crippen LogP contribution in [0.1, 0.15) is 18.4 Å². The van der Waals surface area contributed by atoms with Gasteiger partial charge >= 0.3 is 0 Å². The van der Waals surface area contributed by atoms with E-state index in [1.54, 1.807) is 25.1 Å². The Labute approximate surface area is 114 Å². The molecular formula is C13H21N3O2S. The first kappa shape index (κ1) is 14.3. The number of benzene rings is 1. The van der Waals surface area contributed by atoms with Crippen LogP contribution in [0.2, 0.25) is 0 Å². The number of aryl methyl sites for hydroxylation is 1. The SMILES string of the molecule is Cc1cc(S(=O)(=O)NCCN2CCCC2)ccc1N. The third-order valence-corrected chi connectivity index (χ3v) is 4.93. The topological polar surface area (TPSA) is 75.4 Å². The first-order valence-electron chi connectivity index (χ1n) is 6.57. The Bertz CT molecular complexity index is 537. The van der Waals surface area contributed by atoms with Gasteiger partial charge in [0.15, 0.2) is 0 Å². The van der Waals surface area contributed by atoms with Gasteiger partial charge in [-0.15, -0.1) is 0 Å². The van der Waals surface area contributed by atoms with Crippen molar-refractivity contribution in [2.24, 2.45) is 0 Å². The molecule has 0 amide bonds. The largest absolute Gasteiger partial charge is 0.399 e. The average Bonchev–Trinajstić information content (AvgIpc) is 2.85. The highest BCUT2D eigenvalue weighted by atomic mass is 32.2. The molecule has 2 rings (SSSR count). The van der Waals surface area contributed by atoms with Crippen molar-refractivity contribution in [3.05, 3.63) is 23.8 Å². The Morgan fingerprint density at radius 3 is 2.63 bits per heavy atom. The summed E-state index contributed by atoms with van der Waals surface area (Å²) in [6.07, 6.45) is 2.42. The number of nitrogen functional groups attached to an aromatic ring is 1. The molecule has 1 aromatic carbocycles. The van der Waals surface area contributed by atoms with Crippen LogP contribution in [0.5, 0.6) is 0 Å². The van der Waals surface area contributed by atoms with Crippen molar-refractivity contribution in [3.63, 3.8) is 0 Å². The number of nitrogens with one attached hydrogen (secondary N) is 1. The molecule has 1 aromatic rings. The molecule has 0 bridgehead atoms. The minimum Gasteiger partial charge on any atom is -0.399 e. The van der Waals surface area contributed by atoms with Crippen LogP contribution in [0.15, 0.2) is 23.1 Å². The zero-order valence-electron chi connectivity index (χ0n) is 11.2. The Hall–Kier alpha value is -1.11. The van der Waals surface area contributed by atoms with Crippen molar-refractivity contribution < 1.29 is 8.42 Å². The van der Waals surface area contributed by atoms with Gasteiger partial charge in [-0.2, -0.15) is 0 Å². The Morgan fingerprint density at radius 2 is 2.00 bits per heavy atom. The summed E-state index contributed by atoms with van der Waals surface area (Å²) in [6, 6.07) is 4.78. The molecule has 0 aromatic heterocycles. The van der Waals surface area contributed by atoms with Gasteiger partial charge in [-0.1, -0.05) is 0 Å². The molecule has 0 spiro atoms. The summed E-state index contributed by atoms with van der Waals surface area (Å²) in [6.45, 7) is 5.17. The summed E-state index contributed by atoms with van der Waals surface area (Å²) >= 11 is 0. The van der Waals surface area contributed by atoms with Crippen molar-refractivity contribution >= 4 is 15.7 Å². The number of rotatable bonds is 5. The molecule has 1 fully saturated rings. The van der Waals surface area contributed by atoms with Gasteiger partial charge in [0.2, 0.25) is 10.0 Å². The number of hydrogen-bond acceptors (Lipinski definition) is 4. The van der Waals surface area contributed by atoms with Crippen LogP contribution in [-0.4, -0.2) is 39.5 Å². The Balaban J connectivity index is 1.95. The van der Waals surface area contributed by atoms with Crippen molar-refractivity contribution in [3.8, 4) is 0 Å². The summed E-state index contributed by atoms with van der Waals surface area (Å²) in [7, 11) is -3.42. The van der Waals surface area contributed by atoms with E-state index >= 15 is 0 Å². The highest BCUT2D eigenvalue weighted by Gasteiger charge is 2.16. The molecule has 0 radical (unpaired) electrons. The summed E-state index contributed by atoms with van der Waals surface area (Å²) < 4.78 is 26.8. The van der Waals surface area contributed by atoms with Crippen LogP contribution in [-0.2, 0) is 10.0 Å². The van der Waals surface area contributed by atoms with E-state index in [0.29, 0.717) is 12.2 Å². The maximum Gasteiger partial charge on any atom is 0.240 e. The van der Waals surface area contributed by atoms with Gasteiger partial charge in [-0.3, -0.25) is 0 Å². The van der Waals surface area contributed by atoms with Crippen molar-refractivity contribution in [1.82, 2.24) is 9.62 Å². The standard InChI is InChI=1S/C13H21N3O2S/c1-11-10-12(4-5-13(11)14)19(17,18)15-6-9-16-7-2-3-8-16/h4-5,10,15H,2-3,6-9,14H2,1H3. The van der Waals surface area contributed by atoms with Crippen molar-refractivity contribution in [1.29, 1.82) is 0 Å². The van der Waals surface area contributed by atoms with Crippen LogP contribution in [0, 0.1) is 6.92 Å². The van der Waals surface area contributed by atoms with Crippen LogP contribution in [0.25, 0.3) is 0 Å². The fourth-order valence-electron chi connectivity index (χ4n) is 2.24. The fraction of sp³-hybridized carbons (Fsp3) is 0.538. The Kier molecular flexibility index (Phi) is 4.44.